The summed E-state index contributed by atoms with van der Waals surface area (Å²) in [6, 6.07) is 3.05. The van der Waals surface area contributed by atoms with Gasteiger partial charge < -0.3 is 5.21 Å². The van der Waals surface area contributed by atoms with E-state index >= 15 is 0 Å². The molecule has 0 atom stereocenters. The van der Waals surface area contributed by atoms with Gasteiger partial charge in [0.05, 0.1) is 11.8 Å². The van der Waals surface area contributed by atoms with E-state index < -0.39 is 5.56 Å². The Hall–Kier alpha value is -1.76. The van der Waals surface area contributed by atoms with E-state index in [1.165, 1.54) is 6.07 Å². The Morgan fingerprint density at radius 2 is 2.36 bits per heavy atom. The molecule has 0 unspecified atom stereocenters. The van der Waals surface area contributed by atoms with Crippen molar-refractivity contribution in [3.05, 3.63) is 33.7 Å². The second-order valence-corrected chi connectivity index (χ2v) is 2.16. The Balaban J connectivity index is 3.47. The standard InChI is InChI=1S/C7H6N2O2/c1-5-2-7(10)9(11)4-6(5)3-8/h2,4,11H,1H3. The van der Waals surface area contributed by atoms with Crippen molar-refractivity contribution in [2.24, 2.45) is 0 Å². The van der Waals surface area contributed by atoms with E-state index in [0.717, 1.165) is 6.20 Å². The molecule has 56 valence electrons. The first kappa shape index (κ1) is 7.35. The molecule has 1 aromatic rings. The monoisotopic (exact) mass is 150 g/mol. The summed E-state index contributed by atoms with van der Waals surface area (Å²) in [6.45, 7) is 1.64. The van der Waals surface area contributed by atoms with Gasteiger partial charge in [0, 0.05) is 6.07 Å². The quantitative estimate of drug-likeness (QED) is 0.539. The summed E-state index contributed by atoms with van der Waals surface area (Å²) >= 11 is 0. The Bertz CT molecular complexity index is 373. The van der Waals surface area contributed by atoms with E-state index in [9.17, 15) is 4.79 Å². The van der Waals surface area contributed by atoms with Crippen molar-refractivity contribution in [1.29, 1.82) is 5.26 Å². The molecule has 0 saturated carbocycles. The van der Waals surface area contributed by atoms with E-state index in [4.69, 9.17) is 10.5 Å². The Morgan fingerprint density at radius 3 is 2.91 bits per heavy atom. The van der Waals surface area contributed by atoms with Gasteiger partial charge in [-0.05, 0) is 12.5 Å². The van der Waals surface area contributed by atoms with Crippen LogP contribution in [0.3, 0.4) is 0 Å². The predicted octanol–water partition coefficient (Wildman–Crippen LogP) is 0.266. The summed E-state index contributed by atoms with van der Waals surface area (Å²) in [5.74, 6) is 0. The minimum Gasteiger partial charge on any atom is -0.425 e. The van der Waals surface area contributed by atoms with Gasteiger partial charge in [0.2, 0.25) is 0 Å². The smallest absolute Gasteiger partial charge is 0.283 e. The SMILES string of the molecule is Cc1cc(=O)n(O)cc1C#N. The number of hydrogen-bond donors (Lipinski definition) is 1. The van der Waals surface area contributed by atoms with Gasteiger partial charge in [-0.2, -0.15) is 9.99 Å². The summed E-state index contributed by atoms with van der Waals surface area (Å²) in [6.07, 6.45) is 1.09. The minimum absolute atomic E-state index is 0.298. The third-order valence-corrected chi connectivity index (χ3v) is 1.36. The Kier molecular flexibility index (Phi) is 1.65. The Morgan fingerprint density at radius 1 is 1.73 bits per heavy atom. The average molecular weight is 150 g/mol. The van der Waals surface area contributed by atoms with Gasteiger partial charge in [-0.15, -0.1) is 0 Å². The number of hydrogen-bond acceptors (Lipinski definition) is 3. The van der Waals surface area contributed by atoms with Crippen LogP contribution >= 0.6 is 0 Å². The van der Waals surface area contributed by atoms with Gasteiger partial charge in [-0.1, -0.05) is 0 Å². The second-order valence-electron chi connectivity index (χ2n) is 2.16. The zero-order chi connectivity index (χ0) is 8.43. The molecule has 0 aliphatic carbocycles. The maximum absolute atomic E-state index is 10.7. The molecule has 0 aliphatic heterocycles. The number of aryl methyl sites for hydroxylation is 1. The number of aromatic nitrogens is 1. The van der Waals surface area contributed by atoms with Gasteiger partial charge in [-0.3, -0.25) is 4.79 Å². The fourth-order valence-electron chi connectivity index (χ4n) is 0.734. The maximum Gasteiger partial charge on any atom is 0.283 e. The van der Waals surface area contributed by atoms with Crippen LogP contribution in [-0.2, 0) is 0 Å². The lowest BCUT2D eigenvalue weighted by atomic mass is 10.2. The zero-order valence-corrected chi connectivity index (χ0v) is 5.90. The molecule has 11 heavy (non-hydrogen) atoms. The van der Waals surface area contributed by atoms with Crippen molar-refractivity contribution < 1.29 is 5.21 Å². The van der Waals surface area contributed by atoms with Crippen molar-refractivity contribution in [3.63, 3.8) is 0 Å². The first-order chi connectivity index (χ1) is 5.15. The van der Waals surface area contributed by atoms with E-state index in [0.29, 0.717) is 15.9 Å². The van der Waals surface area contributed by atoms with Gasteiger partial charge >= 0.3 is 0 Å². The molecule has 0 saturated heterocycles. The van der Waals surface area contributed by atoms with Crippen LogP contribution in [-0.4, -0.2) is 9.94 Å². The molecular formula is C7H6N2O2. The summed E-state index contributed by atoms with van der Waals surface area (Å²) in [5, 5.41) is 17.3. The topological polar surface area (TPSA) is 66.0 Å². The van der Waals surface area contributed by atoms with Crippen LogP contribution in [0.15, 0.2) is 17.1 Å². The highest BCUT2D eigenvalue weighted by molar-refractivity contribution is 5.33. The molecule has 4 nitrogen and oxygen atoms in total. The average Bonchev–Trinajstić information content (AvgIpc) is 1.97. The number of nitrogens with zero attached hydrogens (tertiary/aromatic N) is 2. The van der Waals surface area contributed by atoms with Gasteiger partial charge in [-0.25, -0.2) is 0 Å². The molecule has 0 fully saturated rings. The number of pyridine rings is 1. The van der Waals surface area contributed by atoms with Crippen LogP contribution < -0.4 is 5.56 Å². The fraction of sp³-hybridized carbons (Fsp3) is 0.143. The zero-order valence-electron chi connectivity index (χ0n) is 5.90. The van der Waals surface area contributed by atoms with Crippen LogP contribution in [0.2, 0.25) is 0 Å². The maximum atomic E-state index is 10.7. The largest absolute Gasteiger partial charge is 0.425 e. The lowest BCUT2D eigenvalue weighted by Crippen LogP contribution is -2.16. The van der Waals surface area contributed by atoms with Crippen LogP contribution in [0, 0.1) is 18.3 Å². The van der Waals surface area contributed by atoms with Crippen molar-refractivity contribution in [3.8, 4) is 6.07 Å². The molecule has 0 aliphatic rings. The summed E-state index contributed by atoms with van der Waals surface area (Å²) in [7, 11) is 0. The molecule has 1 heterocycles. The number of rotatable bonds is 0. The van der Waals surface area contributed by atoms with Crippen molar-refractivity contribution in [1.82, 2.24) is 4.73 Å². The molecule has 0 amide bonds. The second kappa shape index (κ2) is 2.46. The summed E-state index contributed by atoms with van der Waals surface area (Å²) in [4.78, 5) is 10.7. The van der Waals surface area contributed by atoms with Gasteiger partial charge in [0.15, 0.2) is 0 Å². The predicted molar refractivity (Wildman–Crippen MR) is 37.3 cm³/mol. The first-order valence-corrected chi connectivity index (χ1v) is 2.98. The van der Waals surface area contributed by atoms with Gasteiger partial charge in [0.25, 0.3) is 5.56 Å². The minimum atomic E-state index is -0.526. The molecule has 0 radical (unpaired) electrons. The van der Waals surface area contributed by atoms with Crippen LogP contribution in [0.5, 0.6) is 0 Å². The van der Waals surface area contributed by atoms with E-state index in [1.54, 1.807) is 6.92 Å². The first-order valence-electron chi connectivity index (χ1n) is 2.98. The Labute approximate surface area is 62.9 Å². The van der Waals surface area contributed by atoms with Crippen LogP contribution in [0.1, 0.15) is 11.1 Å². The third kappa shape index (κ3) is 1.22. The lowest BCUT2D eigenvalue weighted by Gasteiger charge is -1.97. The normalized spacial score (nSPS) is 9.09. The van der Waals surface area contributed by atoms with E-state index in [2.05, 4.69) is 0 Å². The van der Waals surface area contributed by atoms with Crippen LogP contribution in [0.4, 0.5) is 0 Å². The van der Waals surface area contributed by atoms with Crippen molar-refractivity contribution in [2.45, 2.75) is 6.92 Å². The van der Waals surface area contributed by atoms with E-state index in [-0.39, 0.29) is 0 Å². The molecule has 0 bridgehead atoms. The summed E-state index contributed by atoms with van der Waals surface area (Å²) in [5.41, 5.74) is 0.344. The van der Waals surface area contributed by atoms with Crippen molar-refractivity contribution >= 4 is 0 Å². The van der Waals surface area contributed by atoms with Crippen LogP contribution in [0.25, 0.3) is 0 Å². The highest BCUT2D eigenvalue weighted by atomic mass is 16.5. The highest BCUT2D eigenvalue weighted by Gasteiger charge is 1.99. The fourth-order valence-corrected chi connectivity index (χ4v) is 0.734. The molecule has 0 aromatic carbocycles. The van der Waals surface area contributed by atoms with Crippen molar-refractivity contribution in [2.75, 3.05) is 0 Å². The molecule has 4 heteroatoms. The third-order valence-electron chi connectivity index (χ3n) is 1.36. The van der Waals surface area contributed by atoms with Gasteiger partial charge in [0.1, 0.15) is 6.07 Å². The molecular weight excluding hydrogens is 144 g/mol. The highest BCUT2D eigenvalue weighted by Crippen LogP contribution is 1.99. The molecule has 1 aromatic heterocycles. The molecule has 0 spiro atoms. The summed E-state index contributed by atoms with van der Waals surface area (Å²) < 4.78 is 0.394. The van der Waals surface area contributed by atoms with E-state index in [1.807, 2.05) is 6.07 Å². The number of nitriles is 1. The molecule has 1 rings (SSSR count). The molecule has 1 N–H and O–H groups in total. The lowest BCUT2D eigenvalue weighted by molar-refractivity contribution is 0.174.